The molecule has 3 nitrogen and oxygen atoms in total. The average Bonchev–Trinajstić information content (AvgIpc) is 2.51. The van der Waals surface area contributed by atoms with Gasteiger partial charge in [-0.3, -0.25) is 4.79 Å². The van der Waals surface area contributed by atoms with Crippen molar-refractivity contribution in [3.8, 4) is 5.75 Å². The summed E-state index contributed by atoms with van der Waals surface area (Å²) in [7, 11) is -1.08. The van der Waals surface area contributed by atoms with Crippen molar-refractivity contribution in [2.45, 2.75) is 52.7 Å². The fraction of sp³-hybridized carbons (Fsp3) is 0.632. The van der Waals surface area contributed by atoms with Crippen LogP contribution in [0.2, 0.25) is 0 Å². The molecule has 1 aromatic carbocycles. The van der Waals surface area contributed by atoms with E-state index in [2.05, 4.69) is 47.8 Å². The minimum Gasteiger partial charge on any atom is -0.491 e. The second-order valence-corrected chi connectivity index (χ2v) is 10.5. The van der Waals surface area contributed by atoms with Gasteiger partial charge in [-0.1, -0.05) is 48.0 Å². The summed E-state index contributed by atoms with van der Waals surface area (Å²) in [5.74, 6) is 1.81. The van der Waals surface area contributed by atoms with E-state index in [1.54, 1.807) is 24.3 Å². The van der Waals surface area contributed by atoms with E-state index in [4.69, 9.17) is 8.92 Å². The van der Waals surface area contributed by atoms with Crippen molar-refractivity contribution < 1.29 is 13.7 Å². The number of aldehydes is 1. The third kappa shape index (κ3) is 7.89. The molecule has 134 valence electrons. The lowest BCUT2D eigenvalue weighted by Crippen LogP contribution is -2.29. The van der Waals surface area contributed by atoms with Gasteiger partial charge in [-0.15, -0.1) is 10.3 Å². The molecule has 0 aromatic heterocycles. The molecule has 0 aliphatic carbocycles. The molecule has 0 radical (unpaired) electrons. The van der Waals surface area contributed by atoms with E-state index in [9.17, 15) is 4.79 Å². The Morgan fingerprint density at radius 2 is 1.57 bits per heavy atom. The van der Waals surface area contributed by atoms with Crippen LogP contribution < -0.4 is 4.74 Å². The highest BCUT2D eigenvalue weighted by Crippen LogP contribution is 2.56. The van der Waals surface area contributed by atoms with Gasteiger partial charge in [0, 0.05) is 10.3 Å². The fourth-order valence-corrected chi connectivity index (χ4v) is 3.54. The van der Waals surface area contributed by atoms with Crippen LogP contribution in [-0.2, 0) is 4.18 Å². The first-order valence-electron chi connectivity index (χ1n) is 8.32. The lowest BCUT2D eigenvalue weighted by atomic mass is 10.2. The highest BCUT2D eigenvalue weighted by molar-refractivity contribution is 8.30. The Kier molecular flexibility index (Phi) is 10.2. The van der Waals surface area contributed by atoms with Gasteiger partial charge in [-0.25, -0.2) is 0 Å². The number of carbonyl (C=O) groups excluding carboxylic acids is 1. The predicted molar refractivity (Wildman–Crippen MR) is 103 cm³/mol. The van der Waals surface area contributed by atoms with Crippen molar-refractivity contribution in [1.82, 2.24) is 0 Å². The average molecular weight is 343 g/mol. The first-order valence-corrected chi connectivity index (χ1v) is 10.5. The number of rotatable bonds is 7. The number of ether oxygens (including phenoxy) is 1. The van der Waals surface area contributed by atoms with E-state index in [0.717, 1.165) is 17.8 Å². The molecule has 0 heterocycles. The first-order chi connectivity index (χ1) is 10.7. The largest absolute Gasteiger partial charge is 0.491 e. The zero-order chi connectivity index (χ0) is 17.9. The molecular weight excluding hydrogens is 308 g/mol. The molecule has 4 heteroatoms. The first kappa shape index (κ1) is 22.0. The van der Waals surface area contributed by atoms with Crippen molar-refractivity contribution in [1.29, 1.82) is 0 Å². The Morgan fingerprint density at radius 1 is 1.04 bits per heavy atom. The second-order valence-electron chi connectivity index (χ2n) is 6.47. The fourth-order valence-electron chi connectivity index (χ4n) is 1.71. The molecule has 0 N–H and O–H groups in total. The molecule has 0 bridgehead atoms. The van der Waals surface area contributed by atoms with Gasteiger partial charge in [0.25, 0.3) is 0 Å². The van der Waals surface area contributed by atoms with E-state index < -0.39 is 10.3 Å². The van der Waals surface area contributed by atoms with Crippen molar-refractivity contribution in [2.24, 2.45) is 0 Å². The van der Waals surface area contributed by atoms with Crippen molar-refractivity contribution in [2.75, 3.05) is 25.2 Å². The summed E-state index contributed by atoms with van der Waals surface area (Å²) in [6.07, 6.45) is 4.30. The van der Waals surface area contributed by atoms with Crippen LogP contribution in [-0.4, -0.2) is 36.3 Å². The van der Waals surface area contributed by atoms with E-state index in [0.29, 0.717) is 18.8 Å². The second kappa shape index (κ2) is 10.7. The topological polar surface area (TPSA) is 35.5 Å². The molecular formula is C19H34O3S. The quantitative estimate of drug-likeness (QED) is 0.486. The van der Waals surface area contributed by atoms with Crippen molar-refractivity contribution in [3.63, 3.8) is 0 Å². The van der Waals surface area contributed by atoms with Gasteiger partial charge < -0.3 is 8.92 Å². The summed E-state index contributed by atoms with van der Waals surface area (Å²) in [5, 5.41) is 0. The zero-order valence-corrected chi connectivity index (χ0v) is 16.7. The lowest BCUT2D eigenvalue weighted by molar-refractivity contribution is 0.112. The molecule has 23 heavy (non-hydrogen) atoms. The highest BCUT2D eigenvalue weighted by Gasteiger charge is 2.31. The molecule has 0 aliphatic rings. The van der Waals surface area contributed by atoms with Crippen LogP contribution >= 0.6 is 10.3 Å². The Bertz CT molecular complexity index is 437. The SMILES string of the molecule is CCC.CCS(C)(OCCOc1ccc(C=O)cc1)C(C)(C)C. The van der Waals surface area contributed by atoms with Crippen LogP contribution in [0.3, 0.4) is 0 Å². The monoisotopic (exact) mass is 342 g/mol. The van der Waals surface area contributed by atoms with E-state index >= 15 is 0 Å². The van der Waals surface area contributed by atoms with Gasteiger partial charge in [0.1, 0.15) is 18.6 Å². The molecule has 0 fully saturated rings. The number of hydrogen-bond donors (Lipinski definition) is 0. The van der Waals surface area contributed by atoms with Crippen LogP contribution in [0.1, 0.15) is 58.3 Å². The Balaban J connectivity index is 0.00000149. The van der Waals surface area contributed by atoms with Gasteiger partial charge in [-0.2, -0.15) is 0 Å². The molecule has 1 atom stereocenters. The summed E-state index contributed by atoms with van der Waals surface area (Å²) in [6, 6.07) is 7.11. The summed E-state index contributed by atoms with van der Waals surface area (Å²) in [4.78, 5) is 10.6. The molecule has 0 saturated carbocycles. The van der Waals surface area contributed by atoms with Crippen LogP contribution in [0.15, 0.2) is 24.3 Å². The molecule has 0 spiro atoms. The van der Waals surface area contributed by atoms with Crippen LogP contribution in [0, 0.1) is 0 Å². The minimum absolute atomic E-state index is 0.174. The Labute approximate surface area is 144 Å². The standard InChI is InChI=1S/C16H26O3S.C3H8/c1-6-20(5,16(2,3)4)19-12-11-18-15-9-7-14(13-17)8-10-15;1-3-2/h7-10,13H,6,11-12H2,1-5H3;3H2,1-2H3. The predicted octanol–water partition coefficient (Wildman–Crippen LogP) is 5.48. The molecule has 0 aliphatic heterocycles. The van der Waals surface area contributed by atoms with Gasteiger partial charge in [0.15, 0.2) is 0 Å². The van der Waals surface area contributed by atoms with Crippen LogP contribution in [0.25, 0.3) is 0 Å². The molecule has 1 aromatic rings. The van der Waals surface area contributed by atoms with Gasteiger partial charge in [0.2, 0.25) is 0 Å². The normalized spacial score (nSPS) is 14.9. The third-order valence-electron chi connectivity index (χ3n) is 3.56. The highest BCUT2D eigenvalue weighted by atomic mass is 32.3. The summed E-state index contributed by atoms with van der Waals surface area (Å²) < 4.78 is 11.9. The minimum atomic E-state index is -1.08. The van der Waals surface area contributed by atoms with Crippen molar-refractivity contribution >= 4 is 16.6 Å². The molecule has 0 amide bonds. The Hall–Kier alpha value is -1.00. The van der Waals surface area contributed by atoms with E-state index in [-0.39, 0.29) is 4.75 Å². The maximum atomic E-state index is 10.6. The van der Waals surface area contributed by atoms with Crippen LogP contribution in [0.5, 0.6) is 5.75 Å². The van der Waals surface area contributed by atoms with Crippen LogP contribution in [0.4, 0.5) is 0 Å². The van der Waals surface area contributed by atoms with E-state index in [1.807, 2.05) is 0 Å². The zero-order valence-electron chi connectivity index (χ0n) is 15.8. The Morgan fingerprint density at radius 3 is 1.96 bits per heavy atom. The molecule has 1 rings (SSSR count). The maximum absolute atomic E-state index is 10.6. The number of hydrogen-bond acceptors (Lipinski definition) is 3. The molecule has 0 saturated heterocycles. The summed E-state index contributed by atoms with van der Waals surface area (Å²) in [6.45, 7) is 14.2. The van der Waals surface area contributed by atoms with E-state index in [1.165, 1.54) is 6.42 Å². The summed E-state index contributed by atoms with van der Waals surface area (Å²) >= 11 is 0. The smallest absolute Gasteiger partial charge is 0.150 e. The van der Waals surface area contributed by atoms with Crippen molar-refractivity contribution in [3.05, 3.63) is 29.8 Å². The molecule has 1 unspecified atom stereocenters. The maximum Gasteiger partial charge on any atom is 0.150 e. The van der Waals surface area contributed by atoms with Gasteiger partial charge in [0.05, 0.1) is 6.61 Å². The third-order valence-corrected chi connectivity index (χ3v) is 7.94. The number of benzene rings is 1. The van der Waals surface area contributed by atoms with Gasteiger partial charge in [-0.05, 0) is 36.3 Å². The summed E-state index contributed by atoms with van der Waals surface area (Å²) in [5.41, 5.74) is 0.657. The number of carbonyl (C=O) groups is 1. The lowest BCUT2D eigenvalue weighted by Gasteiger charge is -2.46. The van der Waals surface area contributed by atoms with Gasteiger partial charge >= 0.3 is 0 Å².